The van der Waals surface area contributed by atoms with Crippen LogP contribution in [-0.2, 0) is 4.79 Å². The second-order valence-corrected chi connectivity index (χ2v) is 8.67. The smallest absolute Gasteiger partial charge is 0.266 e. The number of nitriles is 1. The maximum absolute atomic E-state index is 12.8. The standard InChI is InChI=1S/C26H31N3O3/c1-7-29-23-14-24(32-6)18(13-22(23)17(2)15-26(29,3)4)12-19(16-27)25(30)28-20-8-10-21(31-5)11-9-20/h8-14,17H,7,15H2,1-6H3,(H,28,30)/b19-12+. The average molecular weight is 434 g/mol. The molecule has 1 N–H and O–H groups in total. The van der Waals surface area contributed by atoms with Crippen molar-refractivity contribution in [2.75, 3.05) is 31.0 Å². The fraction of sp³-hybridized carbons (Fsp3) is 0.385. The van der Waals surface area contributed by atoms with Crippen molar-refractivity contribution in [3.8, 4) is 17.6 Å². The third-order valence-electron chi connectivity index (χ3n) is 6.07. The molecule has 0 saturated heterocycles. The van der Waals surface area contributed by atoms with E-state index in [1.165, 1.54) is 5.56 Å². The van der Waals surface area contributed by atoms with E-state index in [0.29, 0.717) is 23.1 Å². The average Bonchev–Trinajstić information content (AvgIpc) is 2.77. The van der Waals surface area contributed by atoms with Gasteiger partial charge in [-0.25, -0.2) is 0 Å². The highest BCUT2D eigenvalue weighted by molar-refractivity contribution is 6.09. The van der Waals surface area contributed by atoms with Crippen molar-refractivity contribution in [3.63, 3.8) is 0 Å². The molecule has 1 atom stereocenters. The van der Waals surface area contributed by atoms with E-state index in [4.69, 9.17) is 9.47 Å². The minimum absolute atomic E-state index is 0.00945. The van der Waals surface area contributed by atoms with Crippen LogP contribution in [0, 0.1) is 11.3 Å². The van der Waals surface area contributed by atoms with E-state index in [1.54, 1.807) is 44.6 Å². The Hall–Kier alpha value is -3.46. The van der Waals surface area contributed by atoms with Crippen LogP contribution >= 0.6 is 0 Å². The largest absolute Gasteiger partial charge is 0.497 e. The van der Waals surface area contributed by atoms with E-state index >= 15 is 0 Å². The van der Waals surface area contributed by atoms with Crippen LogP contribution in [0.4, 0.5) is 11.4 Å². The van der Waals surface area contributed by atoms with Gasteiger partial charge >= 0.3 is 0 Å². The molecule has 1 aliphatic heterocycles. The molecule has 0 bridgehead atoms. The summed E-state index contributed by atoms with van der Waals surface area (Å²) in [7, 11) is 3.19. The molecule has 168 valence electrons. The van der Waals surface area contributed by atoms with E-state index in [2.05, 4.69) is 44.0 Å². The molecule has 0 saturated carbocycles. The molecular formula is C26H31N3O3. The predicted molar refractivity (Wildman–Crippen MR) is 128 cm³/mol. The zero-order chi connectivity index (χ0) is 23.5. The third-order valence-corrected chi connectivity index (χ3v) is 6.07. The molecule has 0 spiro atoms. The van der Waals surface area contributed by atoms with Crippen LogP contribution in [0.2, 0.25) is 0 Å². The van der Waals surface area contributed by atoms with E-state index in [-0.39, 0.29) is 11.1 Å². The summed E-state index contributed by atoms with van der Waals surface area (Å²) in [6.45, 7) is 9.77. The van der Waals surface area contributed by atoms with Gasteiger partial charge in [0.25, 0.3) is 5.91 Å². The van der Waals surface area contributed by atoms with Crippen LogP contribution in [0.5, 0.6) is 11.5 Å². The highest BCUT2D eigenvalue weighted by Gasteiger charge is 2.36. The van der Waals surface area contributed by atoms with Gasteiger partial charge in [0.05, 0.1) is 14.2 Å². The number of nitrogens with one attached hydrogen (secondary N) is 1. The lowest BCUT2D eigenvalue weighted by molar-refractivity contribution is -0.112. The Morgan fingerprint density at radius 1 is 1.25 bits per heavy atom. The molecule has 6 nitrogen and oxygen atoms in total. The topological polar surface area (TPSA) is 74.6 Å². The third kappa shape index (κ3) is 4.57. The van der Waals surface area contributed by atoms with Crippen LogP contribution in [0.3, 0.4) is 0 Å². The van der Waals surface area contributed by atoms with Gasteiger partial charge in [0.2, 0.25) is 0 Å². The van der Waals surface area contributed by atoms with Crippen molar-refractivity contribution < 1.29 is 14.3 Å². The Morgan fingerprint density at radius 3 is 2.50 bits per heavy atom. The molecule has 1 aliphatic rings. The summed E-state index contributed by atoms with van der Waals surface area (Å²) >= 11 is 0. The number of benzene rings is 2. The van der Waals surface area contributed by atoms with E-state index in [0.717, 1.165) is 24.2 Å². The van der Waals surface area contributed by atoms with Crippen molar-refractivity contribution >= 4 is 23.4 Å². The summed E-state index contributed by atoms with van der Waals surface area (Å²) in [6.07, 6.45) is 2.62. The minimum atomic E-state index is -0.471. The number of carbonyl (C=O) groups excluding carboxylic acids is 1. The Bertz CT molecular complexity index is 1060. The second-order valence-electron chi connectivity index (χ2n) is 8.67. The summed E-state index contributed by atoms with van der Waals surface area (Å²) < 4.78 is 10.8. The first kappa shape index (κ1) is 23.2. The highest BCUT2D eigenvalue weighted by atomic mass is 16.5. The lowest BCUT2D eigenvalue weighted by Crippen LogP contribution is -2.48. The first-order valence-electron chi connectivity index (χ1n) is 10.8. The summed E-state index contributed by atoms with van der Waals surface area (Å²) in [6, 6.07) is 13.1. The van der Waals surface area contributed by atoms with E-state index in [1.807, 2.05) is 12.1 Å². The van der Waals surface area contributed by atoms with Gasteiger partial charge in [-0.1, -0.05) is 6.92 Å². The Kier molecular flexibility index (Phi) is 6.78. The number of nitrogens with zero attached hydrogens (tertiary/aromatic N) is 2. The number of hydrogen-bond donors (Lipinski definition) is 1. The van der Waals surface area contributed by atoms with Crippen LogP contribution in [0.15, 0.2) is 42.0 Å². The van der Waals surface area contributed by atoms with Gasteiger partial charge in [0, 0.05) is 35.1 Å². The van der Waals surface area contributed by atoms with Gasteiger partial charge in [-0.3, -0.25) is 4.79 Å². The molecule has 1 heterocycles. The number of amides is 1. The zero-order valence-corrected chi connectivity index (χ0v) is 19.7. The monoisotopic (exact) mass is 433 g/mol. The van der Waals surface area contributed by atoms with Crippen molar-refractivity contribution in [3.05, 3.63) is 53.1 Å². The summed E-state index contributed by atoms with van der Waals surface area (Å²) in [5, 5.41) is 12.4. The first-order chi connectivity index (χ1) is 15.2. The molecule has 32 heavy (non-hydrogen) atoms. The molecule has 6 heteroatoms. The number of carbonyl (C=O) groups is 1. The Balaban J connectivity index is 1.97. The van der Waals surface area contributed by atoms with Crippen molar-refractivity contribution in [2.24, 2.45) is 0 Å². The van der Waals surface area contributed by atoms with Gasteiger partial charge < -0.3 is 19.7 Å². The van der Waals surface area contributed by atoms with Gasteiger partial charge in [0.1, 0.15) is 23.1 Å². The minimum Gasteiger partial charge on any atom is -0.497 e. The van der Waals surface area contributed by atoms with Crippen molar-refractivity contribution in [1.82, 2.24) is 0 Å². The van der Waals surface area contributed by atoms with Crippen LogP contribution in [0.25, 0.3) is 6.08 Å². The van der Waals surface area contributed by atoms with Crippen LogP contribution in [-0.4, -0.2) is 32.2 Å². The maximum atomic E-state index is 12.8. The normalized spacial score (nSPS) is 17.2. The number of fused-ring (bicyclic) bond motifs is 1. The fourth-order valence-corrected chi connectivity index (χ4v) is 4.59. The summed E-state index contributed by atoms with van der Waals surface area (Å²) in [5.74, 6) is 1.20. The molecule has 3 rings (SSSR count). The molecule has 2 aromatic rings. The van der Waals surface area contributed by atoms with Gasteiger partial charge in [-0.05, 0) is 75.1 Å². The van der Waals surface area contributed by atoms with Crippen molar-refractivity contribution in [2.45, 2.75) is 45.6 Å². The first-order valence-corrected chi connectivity index (χ1v) is 10.8. The molecule has 0 aromatic heterocycles. The number of hydrogen-bond acceptors (Lipinski definition) is 5. The number of rotatable bonds is 6. The van der Waals surface area contributed by atoms with Gasteiger partial charge in [-0.15, -0.1) is 0 Å². The highest BCUT2D eigenvalue weighted by Crippen LogP contribution is 2.45. The van der Waals surface area contributed by atoms with Crippen molar-refractivity contribution in [1.29, 1.82) is 5.26 Å². The Morgan fingerprint density at radius 2 is 1.94 bits per heavy atom. The molecule has 0 aliphatic carbocycles. The molecule has 0 fully saturated rings. The van der Waals surface area contributed by atoms with Crippen LogP contribution in [0.1, 0.15) is 51.2 Å². The molecule has 1 unspecified atom stereocenters. The molecular weight excluding hydrogens is 402 g/mol. The number of ether oxygens (including phenoxy) is 2. The zero-order valence-electron chi connectivity index (χ0n) is 19.7. The van der Waals surface area contributed by atoms with Gasteiger partial charge in [-0.2, -0.15) is 5.26 Å². The lowest BCUT2D eigenvalue weighted by Gasteiger charge is -2.47. The fourth-order valence-electron chi connectivity index (χ4n) is 4.59. The van der Waals surface area contributed by atoms with E-state index < -0.39 is 5.91 Å². The predicted octanol–water partition coefficient (Wildman–Crippen LogP) is 5.36. The molecule has 1 amide bonds. The molecule has 2 aromatic carbocycles. The Labute approximate surface area is 190 Å². The summed E-state index contributed by atoms with van der Waals surface area (Å²) in [5.41, 5.74) is 3.70. The molecule has 0 radical (unpaired) electrons. The van der Waals surface area contributed by atoms with Gasteiger partial charge in [0.15, 0.2) is 0 Å². The van der Waals surface area contributed by atoms with Crippen LogP contribution < -0.4 is 19.7 Å². The second kappa shape index (κ2) is 9.35. The maximum Gasteiger partial charge on any atom is 0.266 e. The number of methoxy groups -OCH3 is 2. The lowest BCUT2D eigenvalue weighted by atomic mass is 9.79. The number of anilines is 2. The summed E-state index contributed by atoms with van der Waals surface area (Å²) in [4.78, 5) is 15.1. The quantitative estimate of drug-likeness (QED) is 0.490. The SMILES string of the molecule is CCN1c2cc(OC)c(/C=C(\C#N)C(=O)Nc3ccc(OC)cc3)cc2C(C)CC1(C)C. The van der Waals surface area contributed by atoms with E-state index in [9.17, 15) is 10.1 Å².